The summed E-state index contributed by atoms with van der Waals surface area (Å²) >= 11 is 0. The Morgan fingerprint density at radius 2 is 1.63 bits per heavy atom. The van der Waals surface area contributed by atoms with Crippen LogP contribution < -0.4 is 25.2 Å². The van der Waals surface area contributed by atoms with Gasteiger partial charge in [-0.05, 0) is 99.6 Å². The van der Waals surface area contributed by atoms with Crippen LogP contribution in [0.4, 0.5) is 30.4 Å². The number of carbonyl (C=O) groups is 5. The average Bonchev–Trinajstić information content (AvgIpc) is 3.47. The van der Waals surface area contributed by atoms with E-state index < -0.39 is 47.0 Å². The molecule has 1 unspecified atom stereocenters. The fraction of sp³-hybridized carbons (Fsp3) is 0.465. The predicted octanol–water partition coefficient (Wildman–Crippen LogP) is 4.85. The maximum Gasteiger partial charge on any atom is 0.417 e. The Morgan fingerprint density at radius 1 is 0.917 bits per heavy atom. The molecule has 0 spiro atoms. The Bertz CT molecular complexity index is 2240. The van der Waals surface area contributed by atoms with Crippen molar-refractivity contribution in [2.75, 3.05) is 67.5 Å². The molecule has 0 bridgehead atoms. The minimum atomic E-state index is -4.63. The summed E-state index contributed by atoms with van der Waals surface area (Å²) in [5.41, 5.74) is 0.497. The number of pyridine rings is 1. The van der Waals surface area contributed by atoms with Crippen molar-refractivity contribution >= 4 is 46.7 Å². The molecule has 5 amide bonds. The van der Waals surface area contributed by atoms with Crippen LogP contribution in [-0.2, 0) is 20.6 Å². The number of alkyl halides is 3. The Kier molecular flexibility index (Phi) is 11.0. The lowest BCUT2D eigenvalue weighted by atomic mass is 9.80. The highest BCUT2D eigenvalue weighted by Gasteiger charge is 2.45. The van der Waals surface area contributed by atoms with Gasteiger partial charge in [-0.1, -0.05) is 6.92 Å². The third kappa shape index (κ3) is 8.38. The van der Waals surface area contributed by atoms with Crippen molar-refractivity contribution < 1.29 is 41.9 Å². The molecule has 5 aliphatic rings. The number of hydrogen-bond acceptors (Lipinski definition) is 11. The van der Waals surface area contributed by atoms with Crippen LogP contribution in [0, 0.1) is 28.6 Å². The van der Waals surface area contributed by atoms with Crippen LogP contribution in [0.25, 0.3) is 0 Å². The highest BCUT2D eigenvalue weighted by Crippen LogP contribution is 2.38. The van der Waals surface area contributed by atoms with Gasteiger partial charge in [0.2, 0.25) is 17.7 Å². The Hall–Kier alpha value is -6.02. The average molecular weight is 827 g/mol. The van der Waals surface area contributed by atoms with Gasteiger partial charge in [0.15, 0.2) is 0 Å². The van der Waals surface area contributed by atoms with Crippen LogP contribution in [0.5, 0.6) is 5.75 Å². The molecule has 1 atom stereocenters. The van der Waals surface area contributed by atoms with E-state index in [1.807, 2.05) is 11.0 Å². The van der Waals surface area contributed by atoms with Gasteiger partial charge in [0.25, 0.3) is 11.8 Å². The largest absolute Gasteiger partial charge is 0.493 e. The number of carbonyl (C=O) groups excluding carboxylic acids is 5. The molecule has 8 rings (SSSR count). The molecule has 2 N–H and O–H groups in total. The number of nitrogens with one attached hydrogen (secondary N) is 2. The number of ether oxygens (including phenoxy) is 1. The predicted molar refractivity (Wildman–Crippen MR) is 212 cm³/mol. The highest BCUT2D eigenvalue weighted by molar-refractivity contribution is 6.23. The van der Waals surface area contributed by atoms with E-state index in [1.165, 1.54) is 12.1 Å². The number of benzene rings is 2. The van der Waals surface area contributed by atoms with Gasteiger partial charge in [-0.15, -0.1) is 0 Å². The van der Waals surface area contributed by atoms with Gasteiger partial charge in [-0.2, -0.15) is 18.4 Å². The molecule has 2 aromatic carbocycles. The van der Waals surface area contributed by atoms with Gasteiger partial charge >= 0.3 is 6.18 Å². The third-order valence-corrected chi connectivity index (χ3v) is 12.4. The lowest BCUT2D eigenvalue weighted by Gasteiger charge is -2.52. The van der Waals surface area contributed by atoms with Crippen LogP contribution in [-0.4, -0.2) is 103 Å². The first-order valence-electron chi connectivity index (χ1n) is 20.3. The molecule has 14 nitrogen and oxygen atoms in total. The number of imide groups is 2. The Balaban J connectivity index is 0.747. The minimum absolute atomic E-state index is 0.0620. The monoisotopic (exact) mass is 826 g/mol. The van der Waals surface area contributed by atoms with E-state index in [4.69, 9.17) is 10.00 Å². The summed E-state index contributed by atoms with van der Waals surface area (Å²) in [6.45, 7) is 8.15. The third-order valence-electron chi connectivity index (χ3n) is 12.4. The quantitative estimate of drug-likeness (QED) is 0.269. The highest BCUT2D eigenvalue weighted by atomic mass is 19.4. The fourth-order valence-corrected chi connectivity index (χ4v) is 9.10. The molecule has 17 heteroatoms. The number of fused-ring (bicyclic) bond motifs is 1. The van der Waals surface area contributed by atoms with Crippen LogP contribution in [0.15, 0.2) is 54.7 Å². The van der Waals surface area contributed by atoms with Gasteiger partial charge in [-0.25, -0.2) is 4.98 Å². The minimum Gasteiger partial charge on any atom is -0.493 e. The van der Waals surface area contributed by atoms with Crippen molar-refractivity contribution in [3.05, 3.63) is 77.0 Å². The summed E-state index contributed by atoms with van der Waals surface area (Å²) in [5, 5.41) is 14.2. The van der Waals surface area contributed by atoms with Gasteiger partial charge in [0.05, 0.1) is 46.8 Å². The number of nitriles is 1. The summed E-state index contributed by atoms with van der Waals surface area (Å²) in [7, 11) is 0. The standard InChI is InChI=1S/C43H45F3N8O6/c1-42(23-51-14-10-26(11-15-51)22-60-31-5-6-32-33(19-31)41(59)54(40(32)58)35-7-9-37(55)50-39(35)57)24-53(25-42)30-4-8-36(48-21-30)49-38(56)27-12-16-52(17-13-27)29-3-2-28(20-47)34(18-29)43(44,45)46/h2-6,8,18-19,21,26-27,35H,7,9-17,22-25H2,1H3,(H,48,49,56)(H,50,55,57). The summed E-state index contributed by atoms with van der Waals surface area (Å²) < 4.78 is 46.5. The first-order chi connectivity index (χ1) is 28.7. The maximum atomic E-state index is 13.5. The number of amides is 5. The van der Waals surface area contributed by atoms with Gasteiger partial charge in [-0.3, -0.25) is 34.2 Å². The number of likely N-dealkylation sites (tertiary alicyclic amines) is 1. The molecular formula is C43H45F3N8O6. The first-order valence-corrected chi connectivity index (χ1v) is 20.3. The molecule has 1 aromatic heterocycles. The fourth-order valence-electron chi connectivity index (χ4n) is 9.10. The zero-order valence-corrected chi connectivity index (χ0v) is 33.1. The van der Waals surface area contributed by atoms with Crippen molar-refractivity contribution in [1.29, 1.82) is 5.26 Å². The number of aromatic nitrogens is 1. The molecule has 60 heavy (non-hydrogen) atoms. The van der Waals surface area contributed by atoms with Crippen LogP contribution in [0.3, 0.4) is 0 Å². The van der Waals surface area contributed by atoms with Gasteiger partial charge in [0.1, 0.15) is 17.6 Å². The lowest BCUT2D eigenvalue weighted by molar-refractivity contribution is -0.138. The van der Waals surface area contributed by atoms with Crippen molar-refractivity contribution in [3.63, 3.8) is 0 Å². The molecule has 314 valence electrons. The number of piperidine rings is 3. The van der Waals surface area contributed by atoms with Crippen LogP contribution in [0.2, 0.25) is 0 Å². The summed E-state index contributed by atoms with van der Waals surface area (Å²) in [6.07, 6.45) is 0.160. The summed E-state index contributed by atoms with van der Waals surface area (Å²) in [5.74, 6) is -1.38. The van der Waals surface area contributed by atoms with Gasteiger partial charge in [0, 0.05) is 56.2 Å². The molecule has 6 heterocycles. The molecular weight excluding hydrogens is 782 g/mol. The molecule has 3 aromatic rings. The SMILES string of the molecule is CC1(CN2CCC(COc3ccc4c(c3)C(=O)N(C3CCC(=O)NC3=O)C4=O)CC2)CN(c2ccc(NC(=O)C3CCN(c4ccc(C#N)c(C(F)(F)F)c4)CC3)nc2)C1. The van der Waals surface area contributed by atoms with Crippen molar-refractivity contribution in [2.24, 2.45) is 17.3 Å². The molecule has 0 radical (unpaired) electrons. The van der Waals surface area contributed by atoms with E-state index in [2.05, 4.69) is 32.3 Å². The number of nitrogens with zero attached hydrogens (tertiary/aromatic N) is 6. The van der Waals surface area contributed by atoms with E-state index in [0.717, 1.165) is 62.2 Å². The zero-order valence-electron chi connectivity index (χ0n) is 33.1. The number of hydrogen-bond donors (Lipinski definition) is 2. The van der Waals surface area contributed by atoms with E-state index in [9.17, 15) is 37.1 Å². The second-order valence-electron chi connectivity index (χ2n) is 16.8. The van der Waals surface area contributed by atoms with E-state index >= 15 is 0 Å². The number of anilines is 3. The van der Waals surface area contributed by atoms with Crippen molar-refractivity contribution in [2.45, 2.75) is 57.7 Å². The molecule has 0 saturated carbocycles. The second kappa shape index (κ2) is 16.2. The van der Waals surface area contributed by atoms with Crippen molar-refractivity contribution in [1.82, 2.24) is 20.1 Å². The Morgan fingerprint density at radius 3 is 2.30 bits per heavy atom. The molecule has 0 aliphatic carbocycles. The zero-order chi connectivity index (χ0) is 42.3. The van der Waals surface area contributed by atoms with Crippen LogP contribution >= 0.6 is 0 Å². The lowest BCUT2D eigenvalue weighted by Crippen LogP contribution is -2.60. The van der Waals surface area contributed by atoms with E-state index in [1.54, 1.807) is 36.5 Å². The first kappa shape index (κ1) is 40.7. The van der Waals surface area contributed by atoms with Gasteiger partial charge < -0.3 is 24.8 Å². The molecule has 4 saturated heterocycles. The molecule has 5 aliphatic heterocycles. The summed E-state index contributed by atoms with van der Waals surface area (Å²) in [4.78, 5) is 75.2. The van der Waals surface area contributed by atoms with Crippen LogP contribution in [0.1, 0.15) is 77.3 Å². The van der Waals surface area contributed by atoms with Crippen molar-refractivity contribution in [3.8, 4) is 11.8 Å². The summed E-state index contributed by atoms with van der Waals surface area (Å²) in [6, 6.07) is 12.8. The number of rotatable bonds is 10. The second-order valence-corrected chi connectivity index (χ2v) is 16.8. The Labute approximate surface area is 344 Å². The molecule has 4 fully saturated rings. The normalized spacial score (nSPS) is 21.3. The topological polar surface area (TPSA) is 168 Å². The maximum absolute atomic E-state index is 13.5. The smallest absolute Gasteiger partial charge is 0.417 e. The van der Waals surface area contributed by atoms with E-state index in [0.29, 0.717) is 55.7 Å². The number of halogens is 3. The van der Waals surface area contributed by atoms with E-state index in [-0.39, 0.29) is 41.2 Å².